The van der Waals surface area contributed by atoms with E-state index in [-0.39, 0.29) is 23.8 Å². The first kappa shape index (κ1) is 18.9. The van der Waals surface area contributed by atoms with E-state index in [9.17, 15) is 9.59 Å². The lowest BCUT2D eigenvalue weighted by Gasteiger charge is -2.39. The summed E-state index contributed by atoms with van der Waals surface area (Å²) in [6, 6.07) is 17.7. The average molecular weight is 362 g/mol. The summed E-state index contributed by atoms with van der Waals surface area (Å²) in [7, 11) is 0. The summed E-state index contributed by atoms with van der Waals surface area (Å²) in [5.74, 6) is -0.255. The quantitative estimate of drug-likeness (QED) is 0.752. The number of anilines is 1. The zero-order valence-corrected chi connectivity index (χ0v) is 15.5. The predicted octanol–water partition coefficient (Wildman–Crippen LogP) is 4.33. The Labute approximate surface area is 160 Å². The number of amides is 2. The molecule has 0 aliphatic heterocycles. The molecule has 140 valence electrons. The first-order chi connectivity index (χ1) is 13.1. The maximum Gasteiger partial charge on any atom is 0.247 e. The van der Waals surface area contributed by atoms with E-state index in [2.05, 4.69) is 29.3 Å². The van der Waals surface area contributed by atoms with E-state index in [1.165, 1.54) is 18.1 Å². The summed E-state index contributed by atoms with van der Waals surface area (Å²) in [6.07, 6.45) is 6.92. The zero-order valence-electron chi connectivity index (χ0n) is 15.5. The summed E-state index contributed by atoms with van der Waals surface area (Å²) in [4.78, 5) is 24.3. The molecule has 1 aliphatic rings. The second-order valence-corrected chi connectivity index (χ2v) is 7.13. The van der Waals surface area contributed by atoms with Crippen molar-refractivity contribution in [1.29, 1.82) is 0 Å². The van der Waals surface area contributed by atoms with Gasteiger partial charge in [0, 0.05) is 5.69 Å². The highest BCUT2D eigenvalue weighted by Crippen LogP contribution is 2.37. The maximum absolute atomic E-state index is 12.8. The molecule has 0 heterocycles. The molecule has 2 N–H and O–H groups in total. The van der Waals surface area contributed by atoms with Gasteiger partial charge in [-0.25, -0.2) is 0 Å². The fourth-order valence-electron chi connectivity index (χ4n) is 3.85. The SMILES string of the molecule is C=CC(=O)Nc1cccc(CC(=O)NC2(c3ccccc3)CCCCC2)c1. The third-order valence-corrected chi connectivity index (χ3v) is 5.16. The monoisotopic (exact) mass is 362 g/mol. The molecule has 0 unspecified atom stereocenters. The first-order valence-corrected chi connectivity index (χ1v) is 9.50. The maximum atomic E-state index is 12.8. The van der Waals surface area contributed by atoms with Gasteiger partial charge in [0.25, 0.3) is 0 Å². The van der Waals surface area contributed by atoms with Crippen molar-refractivity contribution in [3.8, 4) is 0 Å². The van der Waals surface area contributed by atoms with Crippen LogP contribution in [0.4, 0.5) is 5.69 Å². The van der Waals surface area contributed by atoms with Crippen molar-refractivity contribution >= 4 is 17.5 Å². The molecular formula is C23H26N2O2. The standard InChI is InChI=1S/C23H26N2O2/c1-2-21(26)24-20-13-9-10-18(16-20)17-22(27)25-23(14-7-4-8-15-23)19-11-5-3-6-12-19/h2-3,5-6,9-13,16H,1,4,7-8,14-15,17H2,(H,24,26)(H,25,27). The van der Waals surface area contributed by atoms with Crippen molar-refractivity contribution in [1.82, 2.24) is 5.32 Å². The summed E-state index contributed by atoms with van der Waals surface area (Å²) in [5.41, 5.74) is 2.45. The lowest BCUT2D eigenvalue weighted by Crippen LogP contribution is -2.47. The van der Waals surface area contributed by atoms with Crippen LogP contribution in [-0.4, -0.2) is 11.8 Å². The van der Waals surface area contributed by atoms with Gasteiger partial charge >= 0.3 is 0 Å². The van der Waals surface area contributed by atoms with E-state index in [0.717, 1.165) is 31.2 Å². The molecule has 2 aromatic rings. The normalized spacial score (nSPS) is 15.6. The molecule has 2 amide bonds. The molecule has 4 nitrogen and oxygen atoms in total. The van der Waals surface area contributed by atoms with Crippen molar-refractivity contribution in [2.75, 3.05) is 5.32 Å². The minimum absolute atomic E-state index is 0.00736. The van der Waals surface area contributed by atoms with Crippen LogP contribution < -0.4 is 10.6 Å². The molecule has 0 atom stereocenters. The van der Waals surface area contributed by atoms with Crippen LogP contribution in [0.25, 0.3) is 0 Å². The lowest BCUT2D eigenvalue weighted by atomic mass is 9.76. The summed E-state index contributed by atoms with van der Waals surface area (Å²) in [5, 5.41) is 6.06. The van der Waals surface area contributed by atoms with E-state index in [0.29, 0.717) is 5.69 Å². The van der Waals surface area contributed by atoms with Crippen molar-refractivity contribution < 1.29 is 9.59 Å². The van der Waals surface area contributed by atoms with Gasteiger partial charge in [-0.2, -0.15) is 0 Å². The molecule has 0 bridgehead atoms. The van der Waals surface area contributed by atoms with E-state index < -0.39 is 0 Å². The number of benzene rings is 2. The van der Waals surface area contributed by atoms with Crippen LogP contribution in [0.2, 0.25) is 0 Å². The van der Waals surface area contributed by atoms with Crippen LogP contribution in [0.5, 0.6) is 0 Å². The van der Waals surface area contributed by atoms with Crippen LogP contribution >= 0.6 is 0 Å². The molecule has 0 aromatic heterocycles. The third kappa shape index (κ3) is 4.85. The Kier molecular flexibility index (Phi) is 6.07. The van der Waals surface area contributed by atoms with Crippen molar-refractivity contribution in [3.63, 3.8) is 0 Å². The van der Waals surface area contributed by atoms with Gasteiger partial charge < -0.3 is 10.6 Å². The average Bonchev–Trinajstić information content (AvgIpc) is 2.69. The Balaban J connectivity index is 1.72. The highest BCUT2D eigenvalue weighted by Gasteiger charge is 2.35. The Morgan fingerprint density at radius 1 is 1.00 bits per heavy atom. The smallest absolute Gasteiger partial charge is 0.247 e. The van der Waals surface area contributed by atoms with E-state index in [1.807, 2.05) is 36.4 Å². The predicted molar refractivity (Wildman–Crippen MR) is 108 cm³/mol. The topological polar surface area (TPSA) is 58.2 Å². The Hall–Kier alpha value is -2.88. The highest BCUT2D eigenvalue weighted by molar-refractivity contribution is 5.98. The van der Waals surface area contributed by atoms with Gasteiger partial charge in [0.05, 0.1) is 12.0 Å². The van der Waals surface area contributed by atoms with Gasteiger partial charge in [0.2, 0.25) is 11.8 Å². The number of carbonyl (C=O) groups is 2. The van der Waals surface area contributed by atoms with Gasteiger partial charge in [-0.3, -0.25) is 9.59 Å². The highest BCUT2D eigenvalue weighted by atomic mass is 16.2. The van der Waals surface area contributed by atoms with Gasteiger partial charge in [-0.1, -0.05) is 68.3 Å². The zero-order chi connectivity index (χ0) is 19.1. The number of nitrogens with one attached hydrogen (secondary N) is 2. The van der Waals surface area contributed by atoms with Crippen LogP contribution in [0, 0.1) is 0 Å². The van der Waals surface area contributed by atoms with Crippen molar-refractivity contribution in [2.24, 2.45) is 0 Å². The van der Waals surface area contributed by atoms with Crippen LogP contribution in [0.15, 0.2) is 67.3 Å². The molecule has 1 aliphatic carbocycles. The Morgan fingerprint density at radius 3 is 2.44 bits per heavy atom. The van der Waals surface area contributed by atoms with Crippen LogP contribution in [-0.2, 0) is 21.5 Å². The molecule has 2 aromatic carbocycles. The van der Waals surface area contributed by atoms with Gasteiger partial charge in [-0.05, 0) is 42.2 Å². The molecule has 27 heavy (non-hydrogen) atoms. The number of hydrogen-bond donors (Lipinski definition) is 2. The third-order valence-electron chi connectivity index (χ3n) is 5.16. The van der Waals surface area contributed by atoms with E-state index in [1.54, 1.807) is 6.07 Å². The number of rotatable bonds is 6. The molecule has 1 fully saturated rings. The Bertz CT molecular complexity index is 808. The molecule has 0 spiro atoms. The molecule has 0 saturated heterocycles. The second kappa shape index (κ2) is 8.67. The van der Waals surface area contributed by atoms with Crippen molar-refractivity contribution in [3.05, 3.63) is 78.4 Å². The number of carbonyl (C=O) groups excluding carboxylic acids is 2. The molecular weight excluding hydrogens is 336 g/mol. The largest absolute Gasteiger partial charge is 0.346 e. The fraction of sp³-hybridized carbons (Fsp3) is 0.304. The fourth-order valence-corrected chi connectivity index (χ4v) is 3.85. The molecule has 4 heteroatoms. The van der Waals surface area contributed by atoms with Gasteiger partial charge in [0.15, 0.2) is 0 Å². The van der Waals surface area contributed by atoms with Crippen molar-refractivity contribution in [2.45, 2.75) is 44.1 Å². The van der Waals surface area contributed by atoms with E-state index >= 15 is 0 Å². The minimum atomic E-state index is -0.273. The summed E-state index contributed by atoms with van der Waals surface area (Å²) >= 11 is 0. The van der Waals surface area contributed by atoms with Gasteiger partial charge in [0.1, 0.15) is 0 Å². The summed E-state index contributed by atoms with van der Waals surface area (Å²) in [6.45, 7) is 3.45. The summed E-state index contributed by atoms with van der Waals surface area (Å²) < 4.78 is 0. The molecule has 1 saturated carbocycles. The second-order valence-electron chi connectivity index (χ2n) is 7.13. The molecule has 0 radical (unpaired) electrons. The molecule has 3 rings (SSSR count). The van der Waals surface area contributed by atoms with Crippen LogP contribution in [0.1, 0.15) is 43.2 Å². The Morgan fingerprint density at radius 2 is 1.74 bits per heavy atom. The number of hydrogen-bond acceptors (Lipinski definition) is 2. The van der Waals surface area contributed by atoms with Crippen LogP contribution in [0.3, 0.4) is 0 Å². The lowest BCUT2D eigenvalue weighted by molar-refractivity contribution is -0.123. The van der Waals surface area contributed by atoms with E-state index in [4.69, 9.17) is 0 Å². The van der Waals surface area contributed by atoms with Gasteiger partial charge in [-0.15, -0.1) is 0 Å². The first-order valence-electron chi connectivity index (χ1n) is 9.50. The minimum Gasteiger partial charge on any atom is -0.346 e.